The fraction of sp³-hybridized carbons (Fsp3) is 0.391. The van der Waals surface area contributed by atoms with Gasteiger partial charge in [0.1, 0.15) is 11.7 Å². The summed E-state index contributed by atoms with van der Waals surface area (Å²) in [6.07, 6.45) is -3.77. The summed E-state index contributed by atoms with van der Waals surface area (Å²) in [5, 5.41) is 4.76. The maximum absolute atomic E-state index is 14.9. The first-order chi connectivity index (χ1) is 16.4. The van der Waals surface area contributed by atoms with Crippen LogP contribution in [0.15, 0.2) is 36.5 Å². The number of fused-ring (bicyclic) bond motifs is 1. The number of hydrogen-bond donors (Lipinski definition) is 2. The number of amides is 3. The second-order valence-corrected chi connectivity index (χ2v) is 8.51. The van der Waals surface area contributed by atoms with Crippen molar-refractivity contribution in [2.45, 2.75) is 57.0 Å². The zero-order valence-corrected chi connectivity index (χ0v) is 18.5. The van der Waals surface area contributed by atoms with E-state index in [1.807, 2.05) is 0 Å². The molecule has 7 nitrogen and oxygen atoms in total. The number of pyridine rings is 1. The molecule has 2 aromatic rings. The molecule has 0 aliphatic carbocycles. The van der Waals surface area contributed by atoms with Crippen LogP contribution in [0.5, 0.6) is 0 Å². The Morgan fingerprint density at radius 2 is 1.91 bits per heavy atom. The summed E-state index contributed by atoms with van der Waals surface area (Å²) in [6, 6.07) is 3.73. The number of carbonyl (C=O) groups excluding carboxylic acids is 3. The molecule has 0 saturated carbocycles. The molecule has 2 unspecified atom stereocenters. The number of aromatic nitrogens is 1. The molecule has 2 atom stereocenters. The third-order valence-corrected chi connectivity index (χ3v) is 6.17. The molecular formula is C23H21F5N4O3. The van der Waals surface area contributed by atoms with Gasteiger partial charge >= 0.3 is 12.1 Å². The summed E-state index contributed by atoms with van der Waals surface area (Å²) < 4.78 is 69.4. The Hall–Kier alpha value is -3.41. The summed E-state index contributed by atoms with van der Waals surface area (Å²) in [6.45, 7) is 1.07. The van der Waals surface area contributed by atoms with Gasteiger partial charge < -0.3 is 10.2 Å². The van der Waals surface area contributed by atoms with Crippen LogP contribution in [-0.4, -0.2) is 39.7 Å². The van der Waals surface area contributed by atoms with Gasteiger partial charge in [-0.1, -0.05) is 12.1 Å². The number of alkyl halides is 5. The Morgan fingerprint density at radius 1 is 1.17 bits per heavy atom. The molecule has 0 spiro atoms. The van der Waals surface area contributed by atoms with Crippen LogP contribution in [0.1, 0.15) is 52.5 Å². The van der Waals surface area contributed by atoms with Crippen LogP contribution in [0, 0.1) is 0 Å². The van der Waals surface area contributed by atoms with Crippen LogP contribution in [0.3, 0.4) is 0 Å². The molecule has 2 aliphatic rings. The molecule has 0 radical (unpaired) electrons. The second-order valence-electron chi connectivity index (χ2n) is 8.51. The molecule has 2 aliphatic heterocycles. The average molecular weight is 496 g/mol. The normalized spacial score (nSPS) is 19.5. The van der Waals surface area contributed by atoms with Crippen LogP contribution < -0.4 is 10.6 Å². The quantitative estimate of drug-likeness (QED) is 0.474. The van der Waals surface area contributed by atoms with Gasteiger partial charge in [0.15, 0.2) is 0 Å². The molecule has 4 rings (SSSR count). The highest BCUT2D eigenvalue weighted by atomic mass is 19.4. The van der Waals surface area contributed by atoms with Crippen molar-refractivity contribution >= 4 is 17.7 Å². The summed E-state index contributed by atoms with van der Waals surface area (Å²) in [4.78, 5) is 40.9. The molecule has 1 fully saturated rings. The highest BCUT2D eigenvalue weighted by Crippen LogP contribution is 2.40. The summed E-state index contributed by atoms with van der Waals surface area (Å²) in [7, 11) is 0. The van der Waals surface area contributed by atoms with E-state index in [2.05, 4.69) is 15.6 Å². The highest BCUT2D eigenvalue weighted by molar-refractivity contribution is 6.05. The largest absolute Gasteiger partial charge is 0.418 e. The maximum Gasteiger partial charge on any atom is 0.418 e. The number of imide groups is 1. The minimum absolute atomic E-state index is 0.106. The van der Waals surface area contributed by atoms with Crippen LogP contribution in [0.25, 0.3) is 0 Å². The zero-order valence-electron chi connectivity index (χ0n) is 18.5. The summed E-state index contributed by atoms with van der Waals surface area (Å²) in [5.74, 6) is -5.24. The fourth-order valence-electron chi connectivity index (χ4n) is 4.24. The zero-order chi connectivity index (χ0) is 25.5. The van der Waals surface area contributed by atoms with Crippen LogP contribution in [0.2, 0.25) is 0 Å². The Kier molecular flexibility index (Phi) is 6.34. The topological polar surface area (TPSA) is 91.4 Å². The van der Waals surface area contributed by atoms with Crippen molar-refractivity contribution in [2.24, 2.45) is 0 Å². The summed E-state index contributed by atoms with van der Waals surface area (Å²) >= 11 is 0. The Labute approximate surface area is 196 Å². The Morgan fingerprint density at radius 3 is 2.60 bits per heavy atom. The minimum Gasteiger partial charge on any atom is -0.322 e. The Balaban J connectivity index is 1.46. The molecule has 0 bridgehead atoms. The molecule has 2 N–H and O–H groups in total. The number of rotatable bonds is 6. The first kappa shape index (κ1) is 24.7. The summed E-state index contributed by atoms with van der Waals surface area (Å²) in [5.41, 5.74) is -1.38. The Bertz CT molecular complexity index is 1180. The number of halogens is 5. The van der Waals surface area contributed by atoms with E-state index in [1.165, 1.54) is 11.0 Å². The number of hydrogen-bond acceptors (Lipinski definition) is 5. The monoisotopic (exact) mass is 496 g/mol. The first-order valence-corrected chi connectivity index (χ1v) is 10.8. The van der Waals surface area contributed by atoms with E-state index < -0.39 is 47.3 Å². The van der Waals surface area contributed by atoms with Crippen LogP contribution in [-0.2, 0) is 34.8 Å². The molecule has 3 heterocycles. The van der Waals surface area contributed by atoms with Crippen LogP contribution in [0.4, 0.5) is 22.0 Å². The molecule has 1 aromatic carbocycles. The van der Waals surface area contributed by atoms with Gasteiger partial charge in [-0.05, 0) is 42.7 Å². The molecular weight excluding hydrogens is 475 g/mol. The van der Waals surface area contributed by atoms with E-state index in [1.54, 1.807) is 12.1 Å². The van der Waals surface area contributed by atoms with Crippen molar-refractivity contribution in [1.29, 1.82) is 0 Å². The lowest BCUT2D eigenvalue weighted by Gasteiger charge is -2.29. The number of benzene rings is 1. The predicted octanol–water partition coefficient (Wildman–Crippen LogP) is 3.13. The number of carbonyl (C=O) groups is 3. The van der Waals surface area contributed by atoms with Gasteiger partial charge in [-0.25, -0.2) is 0 Å². The van der Waals surface area contributed by atoms with Crippen molar-refractivity contribution in [3.63, 3.8) is 0 Å². The van der Waals surface area contributed by atoms with E-state index >= 15 is 0 Å². The lowest BCUT2D eigenvalue weighted by atomic mass is 10.0. The van der Waals surface area contributed by atoms with E-state index in [4.69, 9.17) is 0 Å². The van der Waals surface area contributed by atoms with Gasteiger partial charge in [-0.2, -0.15) is 22.0 Å². The van der Waals surface area contributed by atoms with Gasteiger partial charge in [-0.3, -0.25) is 24.7 Å². The van der Waals surface area contributed by atoms with Crippen LogP contribution >= 0.6 is 0 Å². The first-order valence-electron chi connectivity index (χ1n) is 10.8. The highest BCUT2D eigenvalue weighted by Gasteiger charge is 2.47. The van der Waals surface area contributed by atoms with Gasteiger partial charge in [0.2, 0.25) is 11.8 Å². The number of piperidine rings is 1. The third-order valence-electron chi connectivity index (χ3n) is 6.17. The second kappa shape index (κ2) is 8.99. The minimum atomic E-state index is -4.98. The van der Waals surface area contributed by atoms with Gasteiger partial charge in [0.05, 0.1) is 11.6 Å². The van der Waals surface area contributed by atoms with E-state index in [0.717, 1.165) is 19.2 Å². The van der Waals surface area contributed by atoms with Crippen molar-refractivity contribution in [3.05, 3.63) is 64.5 Å². The predicted molar refractivity (Wildman–Crippen MR) is 112 cm³/mol. The molecule has 186 valence electrons. The van der Waals surface area contributed by atoms with Crippen molar-refractivity contribution in [3.8, 4) is 0 Å². The molecule has 1 saturated heterocycles. The standard InChI is InChI=1S/C23H21F5N4O3/c1-12(22(24,25)19-16(23(26,27)28)3-2-8-29-19)30-10-13-4-5-15-14(9-13)11-32(21(15)35)17-6-7-18(33)31-20(17)34/h2-5,8-9,12,17,30H,6-7,10-11H2,1H3,(H,31,33,34). The maximum atomic E-state index is 14.9. The number of nitrogens with one attached hydrogen (secondary N) is 2. The number of nitrogens with zero attached hydrogens (tertiary/aromatic N) is 2. The van der Waals surface area contributed by atoms with Crippen molar-refractivity contribution in [1.82, 2.24) is 20.5 Å². The lowest BCUT2D eigenvalue weighted by Crippen LogP contribution is -2.52. The average Bonchev–Trinajstić information content (AvgIpc) is 3.12. The van der Waals surface area contributed by atoms with Crippen molar-refractivity contribution in [2.75, 3.05) is 0 Å². The third kappa shape index (κ3) is 4.75. The van der Waals surface area contributed by atoms with E-state index in [9.17, 15) is 36.3 Å². The fourth-order valence-corrected chi connectivity index (χ4v) is 4.24. The van der Waals surface area contributed by atoms with E-state index in [-0.39, 0.29) is 31.8 Å². The lowest BCUT2D eigenvalue weighted by molar-refractivity contribution is -0.144. The van der Waals surface area contributed by atoms with Crippen molar-refractivity contribution < 1.29 is 36.3 Å². The molecule has 35 heavy (non-hydrogen) atoms. The van der Waals surface area contributed by atoms with Gasteiger partial charge in [0, 0.05) is 31.3 Å². The molecule has 3 amide bonds. The van der Waals surface area contributed by atoms with Gasteiger partial charge in [0.25, 0.3) is 5.91 Å². The molecule has 12 heteroatoms. The smallest absolute Gasteiger partial charge is 0.322 e. The van der Waals surface area contributed by atoms with Gasteiger partial charge in [-0.15, -0.1) is 0 Å². The van der Waals surface area contributed by atoms with E-state index in [0.29, 0.717) is 22.8 Å². The SMILES string of the molecule is CC(NCc1ccc2c(c1)CN(C1CCC(=O)NC1=O)C2=O)C(F)(F)c1ncccc1C(F)(F)F. The molecule has 1 aromatic heterocycles.